The summed E-state index contributed by atoms with van der Waals surface area (Å²) in [5, 5.41) is 29.7. The zero-order valence-corrected chi connectivity index (χ0v) is 40.7. The zero-order chi connectivity index (χ0) is 44.7. The Labute approximate surface area is 398 Å². The molecule has 356 valence electrons. The van der Waals surface area contributed by atoms with E-state index in [1.165, 1.54) is 60.8 Å². The molecule has 8 nitrogen and oxygen atoms in total. The van der Waals surface area contributed by atoms with Gasteiger partial charge in [0.15, 0.2) is 13.2 Å². The van der Waals surface area contributed by atoms with E-state index < -0.39 is 5.97 Å². The van der Waals surface area contributed by atoms with Crippen molar-refractivity contribution in [2.75, 3.05) is 13.2 Å². The average molecular weight is 974 g/mol. The van der Waals surface area contributed by atoms with Gasteiger partial charge in [0.2, 0.25) is 0 Å². The number of esters is 1. The summed E-state index contributed by atoms with van der Waals surface area (Å²) >= 11 is 0. The SMILES string of the molecule is CCCCCC(O)CCC1C(C)CC2Cc3c(cccc3OCC(=O)O)CC21.CCCCCC(O)CCC1C(C)CC2Cc3c(cccc3OCC(=O)OCc3ccccc3)CC21.[Pd]. The third-order valence-corrected chi connectivity index (χ3v) is 15.3. The van der Waals surface area contributed by atoms with Gasteiger partial charge in [-0.3, -0.25) is 0 Å². The molecule has 3 aromatic rings. The third-order valence-electron chi connectivity index (χ3n) is 15.3. The number of carbonyl (C=O) groups is 2. The summed E-state index contributed by atoms with van der Waals surface area (Å²) in [6, 6.07) is 22.1. The molecule has 0 radical (unpaired) electrons. The Kier molecular flexibility index (Phi) is 21.2. The van der Waals surface area contributed by atoms with Crippen molar-refractivity contribution in [3.63, 3.8) is 0 Å². The van der Waals surface area contributed by atoms with Gasteiger partial charge >= 0.3 is 11.9 Å². The van der Waals surface area contributed by atoms with Crippen molar-refractivity contribution >= 4 is 11.9 Å². The van der Waals surface area contributed by atoms with E-state index in [1.54, 1.807) is 0 Å². The van der Waals surface area contributed by atoms with Gasteiger partial charge in [0.25, 0.3) is 0 Å². The molecule has 9 heteroatoms. The monoisotopic (exact) mass is 972 g/mol. The first-order chi connectivity index (χ1) is 30.5. The number of aliphatic hydroxyl groups is 2. The third kappa shape index (κ3) is 14.6. The first kappa shape index (κ1) is 51.8. The molecule has 4 aliphatic carbocycles. The minimum atomic E-state index is -0.932. The van der Waals surface area contributed by atoms with Crippen LogP contribution in [0.25, 0.3) is 0 Å². The van der Waals surface area contributed by atoms with Crippen molar-refractivity contribution < 1.29 is 59.5 Å². The summed E-state index contributed by atoms with van der Waals surface area (Å²) in [7, 11) is 0. The summed E-state index contributed by atoms with van der Waals surface area (Å²) in [6.45, 7) is 9.11. The molecule has 2 saturated carbocycles. The van der Waals surface area contributed by atoms with Crippen LogP contribution in [0.5, 0.6) is 11.5 Å². The van der Waals surface area contributed by atoms with E-state index >= 15 is 0 Å². The largest absolute Gasteiger partial charge is 0.482 e. The van der Waals surface area contributed by atoms with Crippen LogP contribution in [0.4, 0.5) is 0 Å². The number of carbonyl (C=O) groups excluding carboxylic acids is 1. The number of rotatable bonds is 22. The maximum absolute atomic E-state index is 12.3. The van der Waals surface area contributed by atoms with Gasteiger partial charge in [-0.15, -0.1) is 0 Å². The first-order valence-electron chi connectivity index (χ1n) is 24.8. The summed E-state index contributed by atoms with van der Waals surface area (Å²) in [5.41, 5.74) is 6.16. The van der Waals surface area contributed by atoms with Crippen molar-refractivity contribution in [1.82, 2.24) is 0 Å². The molecule has 4 aliphatic rings. The van der Waals surface area contributed by atoms with Crippen LogP contribution in [0, 0.1) is 47.3 Å². The van der Waals surface area contributed by atoms with Crippen molar-refractivity contribution in [2.45, 2.75) is 162 Å². The number of carboxylic acids is 1. The van der Waals surface area contributed by atoms with Crippen LogP contribution in [0.2, 0.25) is 0 Å². The van der Waals surface area contributed by atoms with Gasteiger partial charge in [-0.2, -0.15) is 0 Å². The number of aliphatic carboxylic acids is 1. The molecule has 10 unspecified atom stereocenters. The molecule has 0 aliphatic heterocycles. The predicted octanol–water partition coefficient (Wildman–Crippen LogP) is 11.4. The number of aliphatic hydroxyl groups excluding tert-OH is 2. The second-order valence-electron chi connectivity index (χ2n) is 19.8. The van der Waals surface area contributed by atoms with E-state index in [9.17, 15) is 19.8 Å². The van der Waals surface area contributed by atoms with Crippen LogP contribution < -0.4 is 9.47 Å². The minimum absolute atomic E-state index is 0. The number of hydrogen-bond donors (Lipinski definition) is 3. The zero-order valence-electron chi connectivity index (χ0n) is 39.2. The van der Waals surface area contributed by atoms with E-state index in [2.05, 4.69) is 45.9 Å². The fourth-order valence-corrected chi connectivity index (χ4v) is 12.0. The second kappa shape index (κ2) is 26.2. The minimum Gasteiger partial charge on any atom is -0.482 e. The number of carboxylic acid groups (broad SMARTS) is 1. The molecular weight excluding hydrogens is 895 g/mol. The van der Waals surface area contributed by atoms with Crippen LogP contribution in [-0.2, 0) is 67.0 Å². The molecule has 3 N–H and O–H groups in total. The Morgan fingerprint density at radius 2 is 1.11 bits per heavy atom. The van der Waals surface area contributed by atoms with Gasteiger partial charge in [-0.1, -0.05) is 121 Å². The Morgan fingerprint density at radius 1 is 0.625 bits per heavy atom. The van der Waals surface area contributed by atoms with Gasteiger partial charge in [0.1, 0.15) is 18.1 Å². The predicted molar refractivity (Wildman–Crippen MR) is 250 cm³/mol. The fraction of sp³-hybridized carbons (Fsp3) is 0.636. The number of hydrogen-bond acceptors (Lipinski definition) is 7. The molecule has 2 fully saturated rings. The summed E-state index contributed by atoms with van der Waals surface area (Å²) in [6.07, 6.45) is 19.5. The number of fused-ring (bicyclic) bond motifs is 4. The van der Waals surface area contributed by atoms with Crippen molar-refractivity contribution in [3.8, 4) is 11.5 Å². The van der Waals surface area contributed by atoms with Gasteiger partial charge in [-0.05, 0) is 164 Å². The van der Waals surface area contributed by atoms with Crippen LogP contribution in [0.3, 0.4) is 0 Å². The smallest absolute Gasteiger partial charge is 0.344 e. The van der Waals surface area contributed by atoms with E-state index in [4.69, 9.17) is 19.3 Å². The molecule has 0 aromatic heterocycles. The fourth-order valence-electron chi connectivity index (χ4n) is 12.0. The van der Waals surface area contributed by atoms with E-state index in [0.717, 1.165) is 94.1 Å². The Hall–Kier alpha value is -3.22. The Bertz CT molecular complexity index is 1870. The van der Waals surface area contributed by atoms with Crippen molar-refractivity contribution in [3.05, 3.63) is 94.5 Å². The van der Waals surface area contributed by atoms with Crippen LogP contribution >= 0.6 is 0 Å². The molecule has 0 amide bonds. The van der Waals surface area contributed by atoms with Gasteiger partial charge < -0.3 is 29.5 Å². The molecule has 7 rings (SSSR count). The van der Waals surface area contributed by atoms with Gasteiger partial charge in [0, 0.05) is 20.4 Å². The topological polar surface area (TPSA) is 123 Å². The van der Waals surface area contributed by atoms with Crippen LogP contribution in [-0.4, -0.2) is 52.7 Å². The summed E-state index contributed by atoms with van der Waals surface area (Å²) < 4.78 is 16.9. The molecular formula is C55H78O8Pd. The molecule has 0 heterocycles. The second-order valence-corrected chi connectivity index (χ2v) is 19.8. The molecule has 10 atom stereocenters. The van der Waals surface area contributed by atoms with E-state index in [1.807, 2.05) is 48.5 Å². The van der Waals surface area contributed by atoms with E-state index in [0.29, 0.717) is 47.3 Å². The maximum Gasteiger partial charge on any atom is 0.344 e. The molecule has 64 heavy (non-hydrogen) atoms. The summed E-state index contributed by atoms with van der Waals surface area (Å²) in [5.74, 6) is 5.75. The van der Waals surface area contributed by atoms with Crippen molar-refractivity contribution in [1.29, 1.82) is 0 Å². The van der Waals surface area contributed by atoms with Crippen molar-refractivity contribution in [2.24, 2.45) is 47.3 Å². The number of unbranched alkanes of at least 4 members (excludes halogenated alkanes) is 4. The normalized spacial score (nSPS) is 24.9. The Balaban J connectivity index is 0.000000243. The summed E-state index contributed by atoms with van der Waals surface area (Å²) in [4.78, 5) is 23.1. The van der Waals surface area contributed by atoms with E-state index in [-0.39, 0.29) is 58.4 Å². The average Bonchev–Trinajstić information content (AvgIpc) is 3.76. The van der Waals surface area contributed by atoms with Crippen LogP contribution in [0.1, 0.15) is 145 Å². The molecule has 0 spiro atoms. The Morgan fingerprint density at radius 3 is 1.58 bits per heavy atom. The van der Waals surface area contributed by atoms with Gasteiger partial charge in [-0.25, -0.2) is 9.59 Å². The maximum atomic E-state index is 12.3. The van der Waals surface area contributed by atoms with Gasteiger partial charge in [0.05, 0.1) is 12.2 Å². The first-order valence-corrected chi connectivity index (χ1v) is 24.8. The standard InChI is InChI=1S/C31H42O4.C24H36O4.Pd/c1-3-4-6-13-26(32)15-16-27-22(2)17-25-19-29-24(18-28(25)27)12-9-14-30(29)34-21-31(33)35-20-23-10-7-5-8-11-23;1-3-4-5-8-19(25)10-11-20-16(2)12-18-14-22-17(13-21(18)20)7-6-9-23(22)28-15-24(26)27;/h5,7-12,14,22,25-28,32H,3-4,6,13,15-21H2,1-2H3;6-7,9,16,18-21,25H,3-5,8,10-15H2,1-2H3,(H,26,27);. The molecule has 3 aromatic carbocycles. The number of benzene rings is 3. The van der Waals surface area contributed by atoms with Crippen LogP contribution in [0.15, 0.2) is 66.7 Å². The number of ether oxygens (including phenoxy) is 3. The molecule has 0 bridgehead atoms. The quantitative estimate of drug-likeness (QED) is 0.0517. The molecule has 0 saturated heterocycles.